The second-order valence-electron chi connectivity index (χ2n) is 5.59. The molecule has 1 aliphatic rings. The van der Waals surface area contributed by atoms with Gasteiger partial charge in [0.25, 0.3) is 0 Å². The number of rotatable bonds is 2. The van der Waals surface area contributed by atoms with E-state index in [9.17, 15) is 0 Å². The van der Waals surface area contributed by atoms with Crippen LogP contribution in [0, 0.1) is 6.92 Å². The average molecular weight is 236 g/mol. The highest BCUT2D eigenvalue weighted by Gasteiger charge is 2.52. The summed E-state index contributed by atoms with van der Waals surface area (Å²) in [4.78, 5) is 4.51. The highest BCUT2D eigenvalue weighted by molar-refractivity contribution is 6.61. The van der Waals surface area contributed by atoms with Gasteiger partial charge in [-0.3, -0.25) is 0 Å². The highest BCUT2D eigenvalue weighted by Crippen LogP contribution is 2.36. The number of aromatic nitrogens is 2. The first kappa shape index (κ1) is 12.6. The van der Waals surface area contributed by atoms with E-state index in [1.165, 1.54) is 0 Å². The van der Waals surface area contributed by atoms with E-state index < -0.39 is 0 Å². The van der Waals surface area contributed by atoms with Crippen molar-refractivity contribution in [3.63, 3.8) is 0 Å². The van der Waals surface area contributed by atoms with E-state index >= 15 is 0 Å². The Balaban J connectivity index is 2.26. The van der Waals surface area contributed by atoms with Crippen molar-refractivity contribution in [3.05, 3.63) is 12.0 Å². The van der Waals surface area contributed by atoms with Crippen LogP contribution in [0.5, 0.6) is 0 Å². The van der Waals surface area contributed by atoms with E-state index in [4.69, 9.17) is 9.31 Å². The molecule has 5 heteroatoms. The molecule has 1 fully saturated rings. The summed E-state index contributed by atoms with van der Waals surface area (Å²) < 4.78 is 14.0. The molecule has 2 heterocycles. The number of imidazole rings is 1. The van der Waals surface area contributed by atoms with E-state index in [1.807, 2.05) is 13.1 Å². The number of hydrogen-bond acceptors (Lipinski definition) is 3. The maximum absolute atomic E-state index is 5.96. The molecule has 0 N–H and O–H groups in total. The summed E-state index contributed by atoms with van der Waals surface area (Å²) in [5.74, 6) is 0.997. The van der Waals surface area contributed by atoms with Crippen LogP contribution in [0.3, 0.4) is 0 Å². The normalized spacial score (nSPS) is 22.1. The molecule has 94 valence electrons. The fourth-order valence-corrected chi connectivity index (χ4v) is 1.93. The van der Waals surface area contributed by atoms with Gasteiger partial charge in [-0.15, -0.1) is 0 Å². The maximum atomic E-state index is 5.96. The van der Waals surface area contributed by atoms with Gasteiger partial charge in [-0.05, 0) is 41.5 Å². The van der Waals surface area contributed by atoms with Crippen molar-refractivity contribution in [2.75, 3.05) is 0 Å². The van der Waals surface area contributed by atoms with E-state index in [2.05, 4.69) is 44.2 Å². The molecule has 0 aromatic carbocycles. The zero-order valence-corrected chi connectivity index (χ0v) is 11.6. The van der Waals surface area contributed by atoms with Crippen LogP contribution in [-0.2, 0) is 15.9 Å². The lowest BCUT2D eigenvalue weighted by Crippen LogP contribution is -2.41. The molecule has 0 spiro atoms. The van der Waals surface area contributed by atoms with Gasteiger partial charge in [0.1, 0.15) is 5.82 Å². The topological polar surface area (TPSA) is 36.3 Å². The van der Waals surface area contributed by atoms with E-state index in [0.717, 1.165) is 18.0 Å². The minimum Gasteiger partial charge on any atom is -0.398 e. The fraction of sp³-hybridized carbons (Fsp3) is 0.750. The van der Waals surface area contributed by atoms with Crippen LogP contribution in [0.2, 0.25) is 0 Å². The predicted octanol–water partition coefficient (Wildman–Crippen LogP) is 1.51. The minimum atomic E-state index is -0.355. The molecular formula is C12H21BN2O2. The van der Waals surface area contributed by atoms with Crippen LogP contribution < -0.4 is 5.59 Å². The summed E-state index contributed by atoms with van der Waals surface area (Å²) in [6.45, 7) is 13.2. The average Bonchev–Trinajstić information content (AvgIpc) is 2.66. The van der Waals surface area contributed by atoms with E-state index in [-0.39, 0.29) is 18.3 Å². The first-order valence-corrected chi connectivity index (χ1v) is 6.16. The molecule has 1 saturated heterocycles. The lowest BCUT2D eigenvalue weighted by atomic mass is 9.86. The van der Waals surface area contributed by atoms with Crippen molar-refractivity contribution in [2.45, 2.75) is 59.3 Å². The Bertz CT molecular complexity index is 410. The second kappa shape index (κ2) is 3.85. The zero-order chi connectivity index (χ0) is 12.8. The van der Waals surface area contributed by atoms with Gasteiger partial charge < -0.3 is 13.9 Å². The van der Waals surface area contributed by atoms with Crippen LogP contribution >= 0.6 is 0 Å². The number of aryl methyl sites for hydroxylation is 2. The monoisotopic (exact) mass is 236 g/mol. The number of hydrogen-bond donors (Lipinski definition) is 0. The maximum Gasteiger partial charge on any atom is 0.516 e. The summed E-state index contributed by atoms with van der Waals surface area (Å²) in [6, 6.07) is 0. The molecule has 0 radical (unpaired) electrons. The van der Waals surface area contributed by atoms with Crippen LogP contribution in [0.25, 0.3) is 0 Å². The molecule has 1 aromatic rings. The summed E-state index contributed by atoms with van der Waals surface area (Å²) >= 11 is 0. The van der Waals surface area contributed by atoms with Gasteiger partial charge in [-0.25, -0.2) is 4.98 Å². The third kappa shape index (κ3) is 2.02. The van der Waals surface area contributed by atoms with Gasteiger partial charge in [0.05, 0.1) is 16.8 Å². The first-order valence-electron chi connectivity index (χ1n) is 6.16. The van der Waals surface area contributed by atoms with Crippen molar-refractivity contribution in [1.29, 1.82) is 0 Å². The van der Waals surface area contributed by atoms with E-state index in [1.54, 1.807) is 0 Å². The lowest BCUT2D eigenvalue weighted by molar-refractivity contribution is 0.00578. The van der Waals surface area contributed by atoms with Gasteiger partial charge in [-0.1, -0.05) is 0 Å². The Morgan fingerprint density at radius 2 is 1.76 bits per heavy atom. The highest BCUT2D eigenvalue weighted by atomic mass is 16.7. The summed E-state index contributed by atoms with van der Waals surface area (Å²) in [5.41, 5.74) is 0.256. The fourth-order valence-electron chi connectivity index (χ4n) is 1.93. The van der Waals surface area contributed by atoms with Crippen molar-refractivity contribution in [2.24, 2.45) is 0 Å². The quantitative estimate of drug-likeness (QED) is 0.730. The van der Waals surface area contributed by atoms with E-state index in [0.29, 0.717) is 0 Å². The molecule has 1 aliphatic heterocycles. The third-order valence-corrected chi connectivity index (χ3v) is 3.83. The molecule has 0 aliphatic carbocycles. The smallest absolute Gasteiger partial charge is 0.398 e. The van der Waals surface area contributed by atoms with Crippen molar-refractivity contribution in [3.8, 4) is 0 Å². The lowest BCUT2D eigenvalue weighted by Gasteiger charge is -2.32. The van der Waals surface area contributed by atoms with Gasteiger partial charge in [0.2, 0.25) is 0 Å². The van der Waals surface area contributed by atoms with Crippen molar-refractivity contribution < 1.29 is 9.31 Å². The summed E-state index contributed by atoms with van der Waals surface area (Å²) in [7, 11) is -0.355. The Hall–Kier alpha value is -0.805. The Morgan fingerprint density at radius 3 is 2.18 bits per heavy atom. The first-order chi connectivity index (χ1) is 7.77. The van der Waals surface area contributed by atoms with Crippen LogP contribution in [0.4, 0.5) is 0 Å². The Labute approximate surface area is 103 Å². The Kier molecular flexibility index (Phi) is 2.87. The molecule has 2 rings (SSSR count). The molecule has 0 saturated carbocycles. The molecular weight excluding hydrogens is 215 g/mol. The molecule has 4 nitrogen and oxygen atoms in total. The van der Waals surface area contributed by atoms with Crippen LogP contribution in [0.1, 0.15) is 40.4 Å². The largest absolute Gasteiger partial charge is 0.516 e. The standard InChI is InChI=1S/C12H21BN2O2/c1-7-15-8-10(14-9(15)2)13-16-11(3,4)12(5,6)17-13/h8H,7H2,1-6H3. The predicted molar refractivity (Wildman–Crippen MR) is 68.4 cm³/mol. The SMILES string of the molecule is CCn1cc(B2OC(C)(C)C(C)(C)O2)nc1C. The van der Waals surface area contributed by atoms with Crippen LogP contribution in [0.15, 0.2) is 6.20 Å². The molecule has 0 atom stereocenters. The second-order valence-corrected chi connectivity index (χ2v) is 5.59. The Morgan fingerprint density at radius 1 is 1.24 bits per heavy atom. The van der Waals surface area contributed by atoms with Gasteiger partial charge in [-0.2, -0.15) is 0 Å². The summed E-state index contributed by atoms with van der Waals surface area (Å²) in [6.07, 6.45) is 2.01. The van der Waals surface area contributed by atoms with Crippen molar-refractivity contribution in [1.82, 2.24) is 9.55 Å². The zero-order valence-electron chi connectivity index (χ0n) is 11.6. The van der Waals surface area contributed by atoms with Crippen molar-refractivity contribution >= 4 is 12.7 Å². The number of nitrogens with zero attached hydrogens (tertiary/aromatic N) is 2. The van der Waals surface area contributed by atoms with Gasteiger partial charge in [0.15, 0.2) is 0 Å². The molecule has 1 aromatic heterocycles. The van der Waals surface area contributed by atoms with Gasteiger partial charge in [0, 0.05) is 12.7 Å². The molecule has 0 unspecified atom stereocenters. The third-order valence-electron chi connectivity index (χ3n) is 3.83. The van der Waals surface area contributed by atoms with Gasteiger partial charge >= 0.3 is 7.12 Å². The summed E-state index contributed by atoms with van der Waals surface area (Å²) in [5, 5.41) is 0. The minimum absolute atomic E-state index is 0.304. The van der Waals surface area contributed by atoms with Crippen LogP contribution in [-0.4, -0.2) is 27.9 Å². The molecule has 17 heavy (non-hydrogen) atoms. The molecule has 0 bridgehead atoms. The molecule has 0 amide bonds.